The van der Waals surface area contributed by atoms with Gasteiger partial charge in [-0.15, -0.1) is 0 Å². The number of anilines is 1. The van der Waals surface area contributed by atoms with Gasteiger partial charge in [-0.25, -0.2) is 9.18 Å². The van der Waals surface area contributed by atoms with Crippen molar-refractivity contribution in [3.63, 3.8) is 0 Å². The van der Waals surface area contributed by atoms with Crippen LogP contribution >= 0.6 is 0 Å². The lowest BCUT2D eigenvalue weighted by Crippen LogP contribution is -2.41. The molecule has 4 N–H and O–H groups in total. The summed E-state index contributed by atoms with van der Waals surface area (Å²) in [6.45, 7) is 1.92. The Labute approximate surface area is 110 Å². The molecular weight excluding hydrogens is 251 g/mol. The molecule has 0 aliphatic heterocycles. The quantitative estimate of drug-likeness (QED) is 0.686. The monoisotopic (exact) mass is 268 g/mol. The number of carbonyl (C=O) groups is 2. The number of carboxylic acids is 1. The Morgan fingerprint density at radius 1 is 1.47 bits per heavy atom. The summed E-state index contributed by atoms with van der Waals surface area (Å²) in [5.41, 5.74) is 5.12. The van der Waals surface area contributed by atoms with E-state index in [1.165, 1.54) is 12.1 Å². The van der Waals surface area contributed by atoms with Crippen molar-refractivity contribution in [2.24, 2.45) is 0 Å². The Kier molecular flexibility index (Phi) is 5.29. The van der Waals surface area contributed by atoms with Crippen molar-refractivity contribution in [1.82, 2.24) is 5.32 Å². The molecule has 0 saturated carbocycles. The van der Waals surface area contributed by atoms with Crippen molar-refractivity contribution >= 4 is 17.6 Å². The highest BCUT2D eigenvalue weighted by molar-refractivity contribution is 6.00. The predicted octanol–water partition coefficient (Wildman–Crippen LogP) is 1.78. The van der Waals surface area contributed by atoms with Crippen LogP contribution in [0.1, 0.15) is 36.5 Å². The summed E-state index contributed by atoms with van der Waals surface area (Å²) in [6.07, 6.45) is 1.82. The summed E-state index contributed by atoms with van der Waals surface area (Å²) in [6, 6.07) is 2.85. The molecule has 0 spiro atoms. The molecule has 0 fully saturated rings. The molecule has 0 saturated heterocycles. The Morgan fingerprint density at radius 2 is 2.16 bits per heavy atom. The van der Waals surface area contributed by atoms with Crippen molar-refractivity contribution in [1.29, 1.82) is 0 Å². The fourth-order valence-electron chi connectivity index (χ4n) is 1.64. The number of aliphatic carboxylic acids is 1. The zero-order valence-electron chi connectivity index (χ0n) is 10.6. The summed E-state index contributed by atoms with van der Waals surface area (Å²) in [4.78, 5) is 22.9. The summed E-state index contributed by atoms with van der Waals surface area (Å²) in [5, 5.41) is 11.3. The predicted molar refractivity (Wildman–Crippen MR) is 69.2 cm³/mol. The minimum atomic E-state index is -1.11. The van der Waals surface area contributed by atoms with Crippen LogP contribution in [-0.4, -0.2) is 23.0 Å². The molecule has 1 atom stereocenters. The Bertz CT molecular complexity index is 477. The van der Waals surface area contributed by atoms with E-state index < -0.39 is 23.7 Å². The summed E-state index contributed by atoms with van der Waals surface area (Å²) in [7, 11) is 0. The van der Waals surface area contributed by atoms with Crippen LogP contribution in [0.3, 0.4) is 0 Å². The van der Waals surface area contributed by atoms with Crippen LogP contribution in [0, 0.1) is 5.82 Å². The lowest BCUT2D eigenvalue weighted by atomic mass is 10.1. The van der Waals surface area contributed by atoms with Gasteiger partial charge in [0.2, 0.25) is 0 Å². The molecule has 5 nitrogen and oxygen atoms in total. The minimum Gasteiger partial charge on any atom is -0.480 e. The van der Waals surface area contributed by atoms with E-state index in [0.717, 1.165) is 12.5 Å². The molecule has 104 valence electrons. The number of halogens is 1. The van der Waals surface area contributed by atoms with E-state index in [2.05, 4.69) is 5.32 Å². The molecule has 1 aromatic carbocycles. The molecule has 0 radical (unpaired) electrons. The van der Waals surface area contributed by atoms with E-state index in [9.17, 15) is 14.0 Å². The van der Waals surface area contributed by atoms with Gasteiger partial charge < -0.3 is 16.2 Å². The number of hydrogen-bond acceptors (Lipinski definition) is 3. The molecule has 1 aromatic rings. The molecule has 1 amide bonds. The minimum absolute atomic E-state index is 0.0530. The van der Waals surface area contributed by atoms with E-state index in [1.54, 1.807) is 0 Å². The number of carboxylic acid groups (broad SMARTS) is 1. The van der Waals surface area contributed by atoms with Gasteiger partial charge in [0.05, 0.1) is 11.3 Å². The van der Waals surface area contributed by atoms with E-state index in [4.69, 9.17) is 10.8 Å². The van der Waals surface area contributed by atoms with Gasteiger partial charge in [-0.2, -0.15) is 0 Å². The molecule has 0 aromatic heterocycles. The van der Waals surface area contributed by atoms with E-state index in [0.29, 0.717) is 12.8 Å². The summed E-state index contributed by atoms with van der Waals surface area (Å²) >= 11 is 0. The van der Waals surface area contributed by atoms with Crippen molar-refractivity contribution in [3.8, 4) is 0 Å². The number of nitrogens with two attached hydrogens (primary N) is 1. The molecule has 0 aliphatic carbocycles. The first-order valence-corrected chi connectivity index (χ1v) is 6.05. The number of rotatable bonds is 6. The molecule has 0 heterocycles. The van der Waals surface area contributed by atoms with Crippen molar-refractivity contribution in [2.75, 3.05) is 5.73 Å². The van der Waals surface area contributed by atoms with Gasteiger partial charge in [-0.05, 0) is 18.6 Å². The van der Waals surface area contributed by atoms with Gasteiger partial charge in [0.15, 0.2) is 0 Å². The number of benzene rings is 1. The third-order valence-corrected chi connectivity index (χ3v) is 2.75. The van der Waals surface area contributed by atoms with Gasteiger partial charge in [0, 0.05) is 0 Å². The number of unbranched alkanes of at least 4 members (excludes halogenated alkanes) is 1. The number of para-hydroxylation sites is 1. The molecule has 6 heteroatoms. The number of amides is 1. The molecular formula is C13H17FN2O3. The largest absolute Gasteiger partial charge is 0.480 e. The number of hydrogen-bond donors (Lipinski definition) is 3. The lowest BCUT2D eigenvalue weighted by molar-refractivity contribution is -0.139. The number of nitrogen functional groups attached to an aromatic ring is 1. The first kappa shape index (κ1) is 14.9. The third kappa shape index (κ3) is 3.94. The van der Waals surface area contributed by atoms with Crippen LogP contribution in [0.5, 0.6) is 0 Å². The average molecular weight is 268 g/mol. The topological polar surface area (TPSA) is 92.4 Å². The highest BCUT2D eigenvalue weighted by Crippen LogP contribution is 2.16. The Morgan fingerprint density at radius 3 is 2.74 bits per heavy atom. The van der Waals surface area contributed by atoms with Crippen LogP contribution in [-0.2, 0) is 4.79 Å². The van der Waals surface area contributed by atoms with Gasteiger partial charge in [0.1, 0.15) is 11.9 Å². The third-order valence-electron chi connectivity index (χ3n) is 2.75. The molecule has 1 unspecified atom stereocenters. The first-order chi connectivity index (χ1) is 8.97. The van der Waals surface area contributed by atoms with Crippen LogP contribution < -0.4 is 11.1 Å². The second kappa shape index (κ2) is 6.72. The van der Waals surface area contributed by atoms with Crippen LogP contribution in [0.25, 0.3) is 0 Å². The Balaban J connectivity index is 2.82. The lowest BCUT2D eigenvalue weighted by Gasteiger charge is -2.15. The molecule has 0 bridgehead atoms. The van der Waals surface area contributed by atoms with E-state index in [-0.39, 0.29) is 11.3 Å². The fourth-order valence-corrected chi connectivity index (χ4v) is 1.64. The van der Waals surface area contributed by atoms with Crippen LogP contribution in [0.2, 0.25) is 0 Å². The van der Waals surface area contributed by atoms with E-state index in [1.807, 2.05) is 6.92 Å². The first-order valence-electron chi connectivity index (χ1n) is 6.05. The molecule has 19 heavy (non-hydrogen) atoms. The van der Waals surface area contributed by atoms with Crippen molar-refractivity contribution < 1.29 is 19.1 Å². The highest BCUT2D eigenvalue weighted by atomic mass is 19.1. The maximum atomic E-state index is 13.2. The maximum Gasteiger partial charge on any atom is 0.326 e. The second-order valence-electron chi connectivity index (χ2n) is 4.21. The van der Waals surface area contributed by atoms with E-state index >= 15 is 0 Å². The van der Waals surface area contributed by atoms with Crippen molar-refractivity contribution in [3.05, 3.63) is 29.6 Å². The second-order valence-corrected chi connectivity index (χ2v) is 4.21. The fraction of sp³-hybridized carbons (Fsp3) is 0.385. The highest BCUT2D eigenvalue weighted by Gasteiger charge is 2.21. The average Bonchev–Trinajstić information content (AvgIpc) is 2.37. The summed E-state index contributed by atoms with van der Waals surface area (Å²) in [5.74, 6) is -2.50. The maximum absolute atomic E-state index is 13.2. The van der Waals surface area contributed by atoms with Gasteiger partial charge in [-0.1, -0.05) is 25.8 Å². The van der Waals surface area contributed by atoms with Gasteiger partial charge in [0.25, 0.3) is 5.91 Å². The Hall–Kier alpha value is -2.11. The number of nitrogens with one attached hydrogen (secondary N) is 1. The van der Waals surface area contributed by atoms with Gasteiger partial charge >= 0.3 is 5.97 Å². The zero-order chi connectivity index (χ0) is 14.4. The van der Waals surface area contributed by atoms with Crippen LogP contribution in [0.15, 0.2) is 18.2 Å². The standard InChI is InChI=1S/C13H17FN2O3/c1-2-3-7-10(13(18)19)16-12(17)8-5-4-6-9(14)11(8)15/h4-6,10H,2-3,7,15H2,1H3,(H,16,17)(H,18,19). The SMILES string of the molecule is CCCCC(NC(=O)c1cccc(F)c1N)C(=O)O. The van der Waals surface area contributed by atoms with Gasteiger partial charge in [-0.3, -0.25) is 4.79 Å². The zero-order valence-corrected chi connectivity index (χ0v) is 10.6. The van der Waals surface area contributed by atoms with Crippen molar-refractivity contribution in [2.45, 2.75) is 32.2 Å². The molecule has 1 rings (SSSR count). The summed E-state index contributed by atoms with van der Waals surface area (Å²) < 4.78 is 13.2. The smallest absolute Gasteiger partial charge is 0.326 e. The van der Waals surface area contributed by atoms with Crippen LogP contribution in [0.4, 0.5) is 10.1 Å². The molecule has 0 aliphatic rings. The number of carbonyl (C=O) groups excluding carboxylic acids is 1. The normalized spacial score (nSPS) is 11.9.